The van der Waals surface area contributed by atoms with E-state index in [0.29, 0.717) is 26.1 Å². The summed E-state index contributed by atoms with van der Waals surface area (Å²) < 4.78 is 29.5. The molecule has 0 bridgehead atoms. The molecule has 2 fully saturated rings. The summed E-state index contributed by atoms with van der Waals surface area (Å²) in [4.78, 5) is 18.3. The van der Waals surface area contributed by atoms with E-state index >= 15 is 0 Å². The molecular formula is C20H29FN2O5. The van der Waals surface area contributed by atoms with Gasteiger partial charge in [0.1, 0.15) is 5.75 Å². The van der Waals surface area contributed by atoms with Crippen molar-refractivity contribution in [1.82, 2.24) is 4.90 Å². The number of hydrogen-bond acceptors (Lipinski definition) is 6. The van der Waals surface area contributed by atoms with E-state index in [1.807, 2.05) is 33.0 Å². The molecule has 1 aromatic carbocycles. The highest BCUT2D eigenvalue weighted by atomic mass is 19.3. The third kappa shape index (κ3) is 4.50. The Balaban J connectivity index is 1.75. The summed E-state index contributed by atoms with van der Waals surface area (Å²) in [7, 11) is 3.71. The summed E-state index contributed by atoms with van der Waals surface area (Å²) in [5.74, 6) is 0.243. The maximum absolute atomic E-state index is 12.1. The number of likely N-dealkylation sites (tertiary alicyclic amines) is 1. The van der Waals surface area contributed by atoms with Crippen LogP contribution in [0.15, 0.2) is 18.2 Å². The molecule has 2 saturated heterocycles. The third-order valence-electron chi connectivity index (χ3n) is 5.54. The van der Waals surface area contributed by atoms with E-state index in [0.717, 1.165) is 29.8 Å². The zero-order chi connectivity index (χ0) is 20.3. The number of amides is 1. The van der Waals surface area contributed by atoms with Gasteiger partial charge in [-0.2, -0.15) is 0 Å². The molecule has 3 rings (SSSR count). The van der Waals surface area contributed by atoms with Gasteiger partial charge in [-0.05, 0) is 38.8 Å². The highest BCUT2D eigenvalue weighted by Gasteiger charge is 2.34. The molecular weight excluding hydrogens is 367 g/mol. The zero-order valence-electron chi connectivity index (χ0n) is 16.9. The van der Waals surface area contributed by atoms with E-state index in [2.05, 4.69) is 15.9 Å². The van der Waals surface area contributed by atoms with Crippen molar-refractivity contribution in [3.63, 3.8) is 0 Å². The van der Waals surface area contributed by atoms with Gasteiger partial charge in [-0.15, -0.1) is 0 Å². The molecule has 1 aromatic rings. The molecule has 0 spiro atoms. The molecule has 0 radical (unpaired) electrons. The zero-order valence-corrected chi connectivity index (χ0v) is 16.9. The SMILES string of the molecule is COc1cccc(N(C)C2CCN(C(=O)OF)CC2)c1CC1COC(C)(C)O1. The average molecular weight is 396 g/mol. The minimum absolute atomic E-state index is 0.0420. The molecule has 8 heteroatoms. The van der Waals surface area contributed by atoms with E-state index in [1.54, 1.807) is 7.11 Å². The predicted molar refractivity (Wildman–Crippen MR) is 102 cm³/mol. The van der Waals surface area contributed by atoms with Crippen LogP contribution in [0.2, 0.25) is 0 Å². The van der Waals surface area contributed by atoms with Crippen LogP contribution in [0.3, 0.4) is 0 Å². The van der Waals surface area contributed by atoms with Crippen molar-refractivity contribution in [1.29, 1.82) is 0 Å². The topological polar surface area (TPSA) is 60.5 Å². The van der Waals surface area contributed by atoms with Crippen LogP contribution in [0.5, 0.6) is 5.75 Å². The van der Waals surface area contributed by atoms with Crippen LogP contribution in [-0.4, -0.2) is 62.8 Å². The number of rotatable bonds is 5. The summed E-state index contributed by atoms with van der Waals surface area (Å²) in [5, 5.41) is 0. The third-order valence-corrected chi connectivity index (χ3v) is 5.54. The van der Waals surface area contributed by atoms with Crippen molar-refractivity contribution >= 4 is 11.8 Å². The molecule has 0 aliphatic carbocycles. The lowest BCUT2D eigenvalue weighted by molar-refractivity contribution is -0.138. The number of carbonyl (C=O) groups excluding carboxylic acids is 1. The van der Waals surface area contributed by atoms with E-state index in [-0.39, 0.29) is 12.1 Å². The summed E-state index contributed by atoms with van der Waals surface area (Å²) in [5.41, 5.74) is 2.14. The van der Waals surface area contributed by atoms with Crippen molar-refractivity contribution in [3.05, 3.63) is 23.8 Å². The fourth-order valence-corrected chi connectivity index (χ4v) is 4.05. The van der Waals surface area contributed by atoms with E-state index in [1.165, 1.54) is 4.90 Å². The lowest BCUT2D eigenvalue weighted by Gasteiger charge is -2.38. The Labute approximate surface area is 165 Å². The first kappa shape index (κ1) is 20.7. The van der Waals surface area contributed by atoms with E-state index in [9.17, 15) is 9.32 Å². The lowest BCUT2D eigenvalue weighted by Crippen LogP contribution is -2.45. The first-order valence-corrected chi connectivity index (χ1v) is 9.62. The van der Waals surface area contributed by atoms with Gasteiger partial charge in [0.2, 0.25) is 0 Å². The lowest BCUT2D eigenvalue weighted by atomic mass is 9.99. The molecule has 2 heterocycles. The predicted octanol–water partition coefficient (Wildman–Crippen LogP) is 3.31. The molecule has 2 aliphatic heterocycles. The molecule has 1 atom stereocenters. The second-order valence-corrected chi connectivity index (χ2v) is 7.78. The molecule has 28 heavy (non-hydrogen) atoms. The minimum atomic E-state index is -0.913. The van der Waals surface area contributed by atoms with Crippen molar-refractivity contribution in [2.24, 2.45) is 0 Å². The first-order valence-electron chi connectivity index (χ1n) is 9.62. The van der Waals surface area contributed by atoms with Gasteiger partial charge in [0.25, 0.3) is 0 Å². The van der Waals surface area contributed by atoms with Crippen LogP contribution in [0.25, 0.3) is 0 Å². The molecule has 7 nitrogen and oxygen atoms in total. The van der Waals surface area contributed by atoms with Gasteiger partial charge in [-0.3, -0.25) is 0 Å². The second-order valence-electron chi connectivity index (χ2n) is 7.78. The number of piperidine rings is 1. The quantitative estimate of drug-likeness (QED) is 0.761. The Morgan fingerprint density at radius 1 is 1.36 bits per heavy atom. The van der Waals surface area contributed by atoms with Crippen LogP contribution in [0.4, 0.5) is 15.0 Å². The molecule has 0 N–H and O–H groups in total. The van der Waals surface area contributed by atoms with Gasteiger partial charge in [-0.25, -0.2) is 9.74 Å². The van der Waals surface area contributed by atoms with Gasteiger partial charge in [0.15, 0.2) is 5.79 Å². The van der Waals surface area contributed by atoms with Crippen LogP contribution in [0.1, 0.15) is 32.3 Å². The molecule has 1 amide bonds. The van der Waals surface area contributed by atoms with E-state index < -0.39 is 11.9 Å². The Morgan fingerprint density at radius 2 is 2.07 bits per heavy atom. The van der Waals surface area contributed by atoms with Gasteiger partial charge < -0.3 is 24.0 Å². The Kier molecular flexibility index (Phi) is 6.30. The summed E-state index contributed by atoms with van der Waals surface area (Å²) in [6.45, 7) is 5.30. The number of anilines is 1. The fourth-order valence-electron chi connectivity index (χ4n) is 4.05. The number of benzene rings is 1. The van der Waals surface area contributed by atoms with Gasteiger partial charge in [0.05, 0.1) is 19.8 Å². The van der Waals surface area contributed by atoms with Crippen molar-refractivity contribution in [2.45, 2.75) is 51.0 Å². The Hall–Kier alpha value is -2.06. The monoisotopic (exact) mass is 396 g/mol. The normalized spacial score (nSPS) is 22.2. The number of halogens is 1. The van der Waals surface area contributed by atoms with Crippen LogP contribution >= 0.6 is 0 Å². The molecule has 0 aromatic heterocycles. The summed E-state index contributed by atoms with van der Waals surface area (Å²) in [6, 6.07) is 6.22. The Morgan fingerprint density at radius 3 is 2.64 bits per heavy atom. The van der Waals surface area contributed by atoms with Gasteiger partial charge in [0, 0.05) is 48.4 Å². The van der Waals surface area contributed by atoms with E-state index in [4.69, 9.17) is 14.2 Å². The van der Waals surface area contributed by atoms with Gasteiger partial charge in [-0.1, -0.05) is 6.07 Å². The average Bonchev–Trinajstić information content (AvgIpc) is 3.05. The summed E-state index contributed by atoms with van der Waals surface area (Å²) in [6.07, 6.45) is 1.19. The maximum atomic E-state index is 12.1. The van der Waals surface area contributed by atoms with Crippen LogP contribution < -0.4 is 9.64 Å². The molecule has 2 aliphatic rings. The van der Waals surface area contributed by atoms with Crippen LogP contribution in [-0.2, 0) is 20.8 Å². The smallest absolute Gasteiger partial charge is 0.447 e. The second kappa shape index (κ2) is 8.53. The van der Waals surface area contributed by atoms with Crippen LogP contribution in [0, 0.1) is 0 Å². The summed E-state index contributed by atoms with van der Waals surface area (Å²) >= 11 is 0. The molecule has 0 saturated carbocycles. The number of hydrogen-bond donors (Lipinski definition) is 0. The van der Waals surface area contributed by atoms with Gasteiger partial charge >= 0.3 is 6.09 Å². The number of nitrogens with zero attached hydrogens (tertiary/aromatic N) is 2. The number of carbonyl (C=O) groups is 1. The first-order chi connectivity index (χ1) is 13.3. The Bertz CT molecular complexity index is 691. The number of methoxy groups -OCH3 is 1. The minimum Gasteiger partial charge on any atom is -0.496 e. The highest BCUT2D eigenvalue weighted by Crippen LogP contribution is 2.35. The number of ether oxygens (including phenoxy) is 3. The van der Waals surface area contributed by atoms with Crippen molar-refractivity contribution < 1.29 is 28.5 Å². The molecule has 1 unspecified atom stereocenters. The fraction of sp³-hybridized carbons (Fsp3) is 0.650. The largest absolute Gasteiger partial charge is 0.496 e. The van der Waals surface area contributed by atoms with Crippen molar-refractivity contribution in [3.8, 4) is 5.75 Å². The maximum Gasteiger partial charge on any atom is 0.447 e. The van der Waals surface area contributed by atoms with Crippen molar-refractivity contribution in [2.75, 3.05) is 38.8 Å². The standard InChI is InChI=1S/C20H29FN2O5/c1-20(2)26-13-15(27-20)12-16-17(6-5-7-18(16)25-4)22(3)14-8-10-23(11-9-14)19(24)28-21/h5-7,14-15H,8-13H2,1-4H3. The molecule has 156 valence electrons. The highest BCUT2D eigenvalue weighted by molar-refractivity contribution is 5.67.